The Balaban J connectivity index is 2.27. The normalized spacial score (nSPS) is 16.0. The summed E-state index contributed by atoms with van der Waals surface area (Å²) in [5.74, 6) is -1.25. The van der Waals surface area contributed by atoms with Crippen molar-refractivity contribution in [3.05, 3.63) is 52.6 Å². The molecule has 1 unspecified atom stereocenters. The molecule has 1 saturated heterocycles. The third-order valence-electron chi connectivity index (χ3n) is 7.91. The highest BCUT2D eigenvalue weighted by molar-refractivity contribution is 7.92. The summed E-state index contributed by atoms with van der Waals surface area (Å²) in [5, 5.41) is 26.2. The van der Waals surface area contributed by atoms with Crippen molar-refractivity contribution >= 4 is 33.1 Å². The molecule has 1 aliphatic heterocycles. The second-order valence-electron chi connectivity index (χ2n) is 12.2. The minimum absolute atomic E-state index is 0.0199. The second-order valence-corrected chi connectivity index (χ2v) is 14.4. The molecular weight excluding hydrogens is 566 g/mol. The lowest BCUT2D eigenvalue weighted by Gasteiger charge is -2.43. The van der Waals surface area contributed by atoms with E-state index in [1.165, 1.54) is 0 Å². The van der Waals surface area contributed by atoms with Crippen LogP contribution in [0.2, 0.25) is 0 Å². The van der Waals surface area contributed by atoms with Crippen LogP contribution in [0.4, 0.5) is 11.4 Å². The molecule has 2 aromatic rings. The molecule has 2 aromatic carbocycles. The van der Waals surface area contributed by atoms with Crippen molar-refractivity contribution in [3.8, 4) is 0 Å². The van der Waals surface area contributed by atoms with Crippen LogP contribution < -0.4 is 27.1 Å². The minimum Gasteiger partial charge on any atom is -0.480 e. The highest BCUT2D eigenvalue weighted by Gasteiger charge is 2.38. The van der Waals surface area contributed by atoms with Crippen LogP contribution in [0.1, 0.15) is 88.5 Å². The third-order valence-corrected chi connectivity index (χ3v) is 10.0. The number of guanidine groups is 1. The Labute approximate surface area is 256 Å². The number of carboxylic acid groups (broad SMARTS) is 1. The van der Waals surface area contributed by atoms with E-state index < -0.39 is 27.2 Å². The average molecular weight is 616 g/mol. The fraction of sp³-hybridized carbons (Fsp3) is 0.548. The van der Waals surface area contributed by atoms with E-state index in [2.05, 4.69) is 24.5 Å². The first kappa shape index (κ1) is 34.3. The molecule has 0 saturated carbocycles. The van der Waals surface area contributed by atoms with E-state index in [4.69, 9.17) is 16.9 Å². The molecular formula is C31H49N7O4S. The number of hydrazine groups is 1. The molecule has 1 fully saturated rings. The standard InChI is InChI=1S/C31H49N7O4S/c1-18(2)23-16-24(19(3)4)29(25(17-23)20(5)6)43(41,42)21(7)38(37-12-10-35-11-13-37)28-9-8-22(14-26(32)30(39)40)15-27(28)36-31(33)34/h8-9,15-21,26,35H,10-14,32H2,1-7H3,(H,39,40)(H4,33,34,36)/t21?,26-/m0/s1. The lowest BCUT2D eigenvalue weighted by atomic mass is 9.89. The summed E-state index contributed by atoms with van der Waals surface area (Å²) in [6, 6.07) is 8.15. The van der Waals surface area contributed by atoms with Gasteiger partial charge in [0.25, 0.3) is 0 Å². The number of carboxylic acids is 1. The molecule has 12 heteroatoms. The summed E-state index contributed by atoms with van der Waals surface area (Å²) in [7, 11) is -3.96. The Morgan fingerprint density at radius 2 is 1.58 bits per heavy atom. The van der Waals surface area contributed by atoms with E-state index in [0.29, 0.717) is 48.0 Å². The second kappa shape index (κ2) is 14.1. The maximum Gasteiger partial charge on any atom is 0.320 e. The summed E-state index contributed by atoms with van der Waals surface area (Å²) in [5.41, 5.74) is 15.8. The fourth-order valence-electron chi connectivity index (χ4n) is 5.46. The Morgan fingerprint density at radius 1 is 1.02 bits per heavy atom. The molecule has 2 atom stereocenters. The van der Waals surface area contributed by atoms with Crippen molar-refractivity contribution < 1.29 is 18.3 Å². The Hall–Kier alpha value is -3.19. The van der Waals surface area contributed by atoms with Crippen molar-refractivity contribution in [1.82, 2.24) is 10.3 Å². The number of benzene rings is 2. The molecule has 0 aliphatic carbocycles. The molecule has 11 nitrogen and oxygen atoms in total. The van der Waals surface area contributed by atoms with Crippen LogP contribution in [0, 0.1) is 5.41 Å². The number of sulfone groups is 1. The molecule has 43 heavy (non-hydrogen) atoms. The number of piperazine rings is 1. The van der Waals surface area contributed by atoms with Crippen LogP contribution in [0.25, 0.3) is 0 Å². The highest BCUT2D eigenvalue weighted by Crippen LogP contribution is 2.40. The van der Waals surface area contributed by atoms with Gasteiger partial charge in [-0.2, -0.15) is 0 Å². The summed E-state index contributed by atoms with van der Waals surface area (Å²) in [4.78, 5) is 11.8. The van der Waals surface area contributed by atoms with Gasteiger partial charge in [0.15, 0.2) is 5.96 Å². The quantitative estimate of drug-likeness (QED) is 0.152. The first-order valence-electron chi connectivity index (χ1n) is 14.9. The molecule has 8 N–H and O–H groups in total. The number of hydrogen-bond donors (Lipinski definition) is 6. The summed E-state index contributed by atoms with van der Waals surface area (Å²) in [6.07, 6.45) is 0.0569. The maximum atomic E-state index is 14.9. The molecule has 0 aromatic heterocycles. The van der Waals surface area contributed by atoms with Crippen LogP contribution >= 0.6 is 0 Å². The number of anilines is 2. The van der Waals surface area contributed by atoms with Crippen LogP contribution in [-0.2, 0) is 21.1 Å². The lowest BCUT2D eigenvalue weighted by molar-refractivity contribution is -0.138. The number of nitrogens with one attached hydrogen (secondary N) is 3. The number of aliphatic carboxylic acids is 1. The smallest absolute Gasteiger partial charge is 0.320 e. The van der Waals surface area contributed by atoms with Gasteiger partial charge in [-0.1, -0.05) is 59.7 Å². The number of nitrogens with zero attached hydrogens (tertiary/aromatic N) is 2. The molecule has 0 spiro atoms. The van der Waals surface area contributed by atoms with Crippen molar-refractivity contribution in [2.24, 2.45) is 11.5 Å². The highest BCUT2D eigenvalue weighted by atomic mass is 32.2. The molecule has 238 valence electrons. The van der Waals surface area contributed by atoms with Crippen molar-refractivity contribution in [3.63, 3.8) is 0 Å². The van der Waals surface area contributed by atoms with Gasteiger partial charge in [0.1, 0.15) is 11.4 Å². The molecule has 1 heterocycles. The van der Waals surface area contributed by atoms with Gasteiger partial charge in [-0.05, 0) is 65.5 Å². The molecule has 0 amide bonds. The van der Waals surface area contributed by atoms with E-state index in [0.717, 1.165) is 16.7 Å². The first-order chi connectivity index (χ1) is 20.1. The lowest BCUT2D eigenvalue weighted by Crippen LogP contribution is -2.57. The topological polar surface area (TPSA) is 178 Å². The van der Waals surface area contributed by atoms with Gasteiger partial charge >= 0.3 is 5.97 Å². The van der Waals surface area contributed by atoms with Gasteiger partial charge in [-0.25, -0.2) is 13.4 Å². The van der Waals surface area contributed by atoms with E-state index in [9.17, 15) is 18.3 Å². The molecule has 1 aliphatic rings. The van der Waals surface area contributed by atoms with E-state index in [-0.39, 0.29) is 30.1 Å². The van der Waals surface area contributed by atoms with Crippen LogP contribution in [0.5, 0.6) is 0 Å². The van der Waals surface area contributed by atoms with E-state index in [1.54, 1.807) is 30.1 Å². The minimum atomic E-state index is -3.96. The number of nitrogens with two attached hydrogens (primary N) is 2. The van der Waals surface area contributed by atoms with Gasteiger partial charge in [0.2, 0.25) is 9.84 Å². The zero-order valence-corrected chi connectivity index (χ0v) is 27.3. The summed E-state index contributed by atoms with van der Waals surface area (Å²) in [6.45, 7) is 16.5. The average Bonchev–Trinajstić information content (AvgIpc) is 2.93. The number of carbonyl (C=O) groups is 1. The van der Waals surface area contributed by atoms with E-state index in [1.807, 2.05) is 44.8 Å². The van der Waals surface area contributed by atoms with Crippen molar-refractivity contribution in [2.45, 2.75) is 89.0 Å². The first-order valence-corrected chi connectivity index (χ1v) is 16.5. The van der Waals surface area contributed by atoms with Gasteiger partial charge in [-0.3, -0.25) is 15.2 Å². The summed E-state index contributed by atoms with van der Waals surface area (Å²) < 4.78 is 29.8. The van der Waals surface area contributed by atoms with Crippen LogP contribution in [-0.4, -0.2) is 68.1 Å². The zero-order chi connectivity index (χ0) is 32.2. The number of rotatable bonds is 12. The van der Waals surface area contributed by atoms with Crippen molar-refractivity contribution in [1.29, 1.82) is 5.41 Å². The van der Waals surface area contributed by atoms with Gasteiger partial charge in [-0.15, -0.1) is 0 Å². The van der Waals surface area contributed by atoms with E-state index >= 15 is 0 Å². The Kier molecular flexibility index (Phi) is 11.2. The maximum absolute atomic E-state index is 14.9. The van der Waals surface area contributed by atoms with Gasteiger partial charge in [0.05, 0.1) is 16.3 Å². The molecule has 0 radical (unpaired) electrons. The predicted molar refractivity (Wildman–Crippen MR) is 174 cm³/mol. The Morgan fingerprint density at radius 3 is 2.05 bits per heavy atom. The predicted octanol–water partition coefficient (Wildman–Crippen LogP) is 3.76. The molecule has 0 bridgehead atoms. The van der Waals surface area contributed by atoms with Gasteiger partial charge < -0.3 is 27.2 Å². The van der Waals surface area contributed by atoms with Crippen LogP contribution in [0.15, 0.2) is 35.2 Å². The zero-order valence-electron chi connectivity index (χ0n) is 26.4. The Bertz CT molecular complexity index is 1390. The molecule has 3 rings (SSSR count). The summed E-state index contributed by atoms with van der Waals surface area (Å²) >= 11 is 0. The number of hydrogen-bond acceptors (Lipinski definition) is 8. The SMILES string of the molecule is CC(C)c1cc(C(C)C)c(S(=O)(=O)C(C)N(c2ccc(C[C@H](N)C(=O)O)cc2NC(=N)N)N2CCNCC2)c(C(C)C)c1. The fourth-order valence-corrected chi connectivity index (χ4v) is 7.56. The largest absolute Gasteiger partial charge is 0.480 e. The van der Waals surface area contributed by atoms with Crippen LogP contribution in [0.3, 0.4) is 0 Å². The van der Waals surface area contributed by atoms with Gasteiger partial charge in [0, 0.05) is 26.2 Å². The van der Waals surface area contributed by atoms with Crippen molar-refractivity contribution in [2.75, 3.05) is 36.5 Å². The monoisotopic (exact) mass is 615 g/mol. The third kappa shape index (κ3) is 7.86.